The molecule has 32 heavy (non-hydrogen) atoms. The van der Waals surface area contributed by atoms with Crippen LogP contribution in [-0.2, 0) is 10.0 Å². The van der Waals surface area contributed by atoms with E-state index in [9.17, 15) is 8.42 Å². The zero-order chi connectivity index (χ0) is 22.3. The van der Waals surface area contributed by atoms with Crippen LogP contribution >= 0.6 is 11.6 Å². The number of pyridine rings is 1. The van der Waals surface area contributed by atoms with Gasteiger partial charge in [-0.25, -0.2) is 4.98 Å². The molecule has 0 amide bonds. The molecule has 4 aromatic rings. The Morgan fingerprint density at radius 1 is 0.938 bits per heavy atom. The van der Waals surface area contributed by atoms with Crippen LogP contribution in [0.2, 0.25) is 5.15 Å². The van der Waals surface area contributed by atoms with Crippen LogP contribution in [0.5, 0.6) is 0 Å². The molecule has 0 N–H and O–H groups in total. The maximum absolute atomic E-state index is 13.6. The van der Waals surface area contributed by atoms with Crippen LogP contribution in [0.1, 0.15) is 29.2 Å². The van der Waals surface area contributed by atoms with Gasteiger partial charge in [-0.2, -0.15) is 17.9 Å². The van der Waals surface area contributed by atoms with Gasteiger partial charge in [-0.05, 0) is 36.8 Å². The first kappa shape index (κ1) is 20.7. The number of aromatic nitrogens is 1. The summed E-state index contributed by atoms with van der Waals surface area (Å²) in [5, 5.41) is 5.80. The number of rotatable bonds is 4. The molecule has 160 valence electrons. The zero-order valence-electron chi connectivity index (χ0n) is 17.3. The van der Waals surface area contributed by atoms with Crippen molar-refractivity contribution in [1.29, 1.82) is 0 Å². The molecule has 0 bridgehead atoms. The van der Waals surface area contributed by atoms with Crippen LogP contribution in [-0.4, -0.2) is 23.5 Å². The number of hydrogen-bond acceptors (Lipinski definition) is 4. The first-order valence-corrected chi connectivity index (χ1v) is 12.0. The number of aryl methyl sites for hydroxylation is 1. The van der Waals surface area contributed by atoms with E-state index in [-0.39, 0.29) is 10.0 Å². The number of benzene rings is 3. The molecule has 0 spiro atoms. The van der Waals surface area contributed by atoms with Crippen LogP contribution in [0.15, 0.2) is 94.9 Å². The molecule has 7 heteroatoms. The van der Waals surface area contributed by atoms with Gasteiger partial charge < -0.3 is 0 Å². The Labute approximate surface area is 192 Å². The van der Waals surface area contributed by atoms with Gasteiger partial charge in [0.2, 0.25) is 0 Å². The predicted octanol–water partition coefficient (Wildman–Crippen LogP) is 5.74. The summed E-state index contributed by atoms with van der Waals surface area (Å²) in [7, 11) is -3.90. The van der Waals surface area contributed by atoms with E-state index in [1.165, 1.54) is 4.41 Å². The predicted molar refractivity (Wildman–Crippen MR) is 127 cm³/mol. The van der Waals surface area contributed by atoms with E-state index < -0.39 is 16.1 Å². The normalized spacial score (nSPS) is 16.4. The smallest absolute Gasteiger partial charge is 0.236 e. The maximum atomic E-state index is 13.6. The summed E-state index contributed by atoms with van der Waals surface area (Å²) in [5.74, 6) is 0. The third-order valence-corrected chi connectivity index (χ3v) is 7.68. The Bertz CT molecular complexity index is 1450. The SMILES string of the molecule is Cc1ccccc1C1=NN(S(=O)(=O)c2ccccc2)C(c2cc3ccccc3nc2Cl)C1. The second-order valence-electron chi connectivity index (χ2n) is 7.73. The van der Waals surface area contributed by atoms with Gasteiger partial charge in [-0.15, -0.1) is 0 Å². The lowest BCUT2D eigenvalue weighted by atomic mass is 9.97. The summed E-state index contributed by atoms with van der Waals surface area (Å²) in [6.45, 7) is 1.99. The lowest BCUT2D eigenvalue weighted by Crippen LogP contribution is -2.27. The average molecular weight is 462 g/mol. The summed E-state index contributed by atoms with van der Waals surface area (Å²) in [6, 6.07) is 25.1. The van der Waals surface area contributed by atoms with Crippen molar-refractivity contribution in [2.75, 3.05) is 0 Å². The fourth-order valence-electron chi connectivity index (χ4n) is 4.04. The van der Waals surface area contributed by atoms with E-state index in [1.54, 1.807) is 30.3 Å². The number of para-hydroxylation sites is 1. The van der Waals surface area contributed by atoms with Gasteiger partial charge in [-0.3, -0.25) is 0 Å². The molecule has 0 aliphatic carbocycles. The van der Waals surface area contributed by atoms with Gasteiger partial charge in [0, 0.05) is 22.9 Å². The van der Waals surface area contributed by atoms with E-state index in [2.05, 4.69) is 10.1 Å². The summed E-state index contributed by atoms with van der Waals surface area (Å²) in [5.41, 5.74) is 4.06. The van der Waals surface area contributed by atoms with Crippen molar-refractivity contribution in [3.63, 3.8) is 0 Å². The molecule has 3 aromatic carbocycles. The number of halogens is 1. The standard InChI is InChI=1S/C25H20ClN3O2S/c1-17-9-5-7-13-20(17)23-16-24(21-15-18-10-6-8-14-22(18)27-25(21)26)29(28-23)32(30,31)19-11-3-2-4-12-19/h2-15,24H,16H2,1H3. The highest BCUT2D eigenvalue weighted by atomic mass is 35.5. The van der Waals surface area contributed by atoms with Gasteiger partial charge in [0.15, 0.2) is 0 Å². The number of nitrogens with zero attached hydrogens (tertiary/aromatic N) is 3. The van der Waals surface area contributed by atoms with Crippen molar-refractivity contribution in [2.45, 2.75) is 24.3 Å². The van der Waals surface area contributed by atoms with E-state index in [0.29, 0.717) is 17.7 Å². The molecule has 2 heterocycles. The van der Waals surface area contributed by atoms with E-state index in [1.807, 2.05) is 61.5 Å². The third kappa shape index (κ3) is 3.55. The molecule has 0 radical (unpaired) electrons. The summed E-state index contributed by atoms with van der Waals surface area (Å²) < 4.78 is 28.4. The Balaban J connectivity index is 1.68. The van der Waals surface area contributed by atoms with Crippen molar-refractivity contribution in [3.05, 3.63) is 107 Å². The minimum absolute atomic E-state index is 0.185. The molecule has 1 atom stereocenters. The van der Waals surface area contributed by atoms with Gasteiger partial charge in [-0.1, -0.05) is 72.3 Å². The lowest BCUT2D eigenvalue weighted by molar-refractivity contribution is 0.371. The maximum Gasteiger partial charge on any atom is 0.279 e. The monoisotopic (exact) mass is 461 g/mol. The number of hydrazone groups is 1. The minimum Gasteiger partial charge on any atom is -0.236 e. The van der Waals surface area contributed by atoms with Crippen molar-refractivity contribution in [3.8, 4) is 0 Å². The average Bonchev–Trinajstić information content (AvgIpc) is 3.25. The third-order valence-electron chi connectivity index (χ3n) is 5.68. The highest BCUT2D eigenvalue weighted by Crippen LogP contribution is 2.40. The molecule has 1 aliphatic rings. The molecule has 1 unspecified atom stereocenters. The van der Waals surface area contributed by atoms with Crippen molar-refractivity contribution in [2.24, 2.45) is 5.10 Å². The molecule has 1 aliphatic heterocycles. The second-order valence-corrected chi connectivity index (χ2v) is 9.89. The van der Waals surface area contributed by atoms with E-state index in [0.717, 1.165) is 22.0 Å². The second kappa shape index (κ2) is 8.04. The molecule has 5 nitrogen and oxygen atoms in total. The molecular weight excluding hydrogens is 442 g/mol. The fraction of sp³-hybridized carbons (Fsp3) is 0.120. The van der Waals surface area contributed by atoms with Gasteiger partial charge in [0.05, 0.1) is 22.2 Å². The topological polar surface area (TPSA) is 62.6 Å². The molecule has 0 fully saturated rings. The number of fused-ring (bicyclic) bond motifs is 1. The Morgan fingerprint density at radius 2 is 1.62 bits per heavy atom. The van der Waals surface area contributed by atoms with Crippen molar-refractivity contribution >= 4 is 38.2 Å². The summed E-state index contributed by atoms with van der Waals surface area (Å²) in [4.78, 5) is 4.70. The highest BCUT2D eigenvalue weighted by Gasteiger charge is 2.39. The highest BCUT2D eigenvalue weighted by molar-refractivity contribution is 7.89. The van der Waals surface area contributed by atoms with Crippen molar-refractivity contribution in [1.82, 2.24) is 9.40 Å². The Kier molecular flexibility index (Phi) is 5.19. The van der Waals surface area contributed by atoms with Crippen LogP contribution in [0, 0.1) is 6.92 Å². The number of hydrogen-bond donors (Lipinski definition) is 0. The fourth-order valence-corrected chi connectivity index (χ4v) is 5.76. The van der Waals surface area contributed by atoms with Crippen LogP contribution in [0.4, 0.5) is 0 Å². The zero-order valence-corrected chi connectivity index (χ0v) is 18.9. The van der Waals surface area contributed by atoms with E-state index >= 15 is 0 Å². The summed E-state index contributed by atoms with van der Waals surface area (Å²) >= 11 is 6.59. The van der Waals surface area contributed by atoms with Gasteiger partial charge in [0.1, 0.15) is 5.15 Å². The van der Waals surface area contributed by atoms with Crippen molar-refractivity contribution < 1.29 is 8.42 Å². The summed E-state index contributed by atoms with van der Waals surface area (Å²) in [6.07, 6.45) is 0.399. The van der Waals surface area contributed by atoms with Crippen LogP contribution in [0.3, 0.4) is 0 Å². The van der Waals surface area contributed by atoms with Gasteiger partial charge >= 0.3 is 0 Å². The van der Waals surface area contributed by atoms with Gasteiger partial charge in [0.25, 0.3) is 10.0 Å². The molecule has 5 rings (SSSR count). The first-order chi connectivity index (χ1) is 15.4. The minimum atomic E-state index is -3.90. The Morgan fingerprint density at radius 3 is 2.41 bits per heavy atom. The lowest BCUT2D eigenvalue weighted by Gasteiger charge is -2.24. The largest absolute Gasteiger partial charge is 0.279 e. The van der Waals surface area contributed by atoms with E-state index in [4.69, 9.17) is 11.6 Å². The molecular formula is C25H20ClN3O2S. The molecule has 0 saturated carbocycles. The molecule has 0 saturated heterocycles. The van der Waals surface area contributed by atoms with Crippen LogP contribution < -0.4 is 0 Å². The molecule has 1 aromatic heterocycles. The quantitative estimate of drug-likeness (QED) is 0.364. The number of sulfonamides is 1. The van der Waals surface area contributed by atoms with Crippen LogP contribution in [0.25, 0.3) is 10.9 Å². The Hall–Kier alpha value is -3.22. The first-order valence-electron chi connectivity index (χ1n) is 10.2.